The van der Waals surface area contributed by atoms with E-state index in [9.17, 15) is 10.2 Å². The SMILES string of the molecule is COc1nc(C(C)C)ccc1-c1nc2c(C)nn(C(CO)CO)c2nc1C. The molecule has 0 aliphatic heterocycles. The van der Waals surface area contributed by atoms with Crippen LogP contribution in [0.1, 0.15) is 42.9 Å². The number of aliphatic hydroxyl groups is 2. The molecule has 8 heteroatoms. The number of aliphatic hydroxyl groups excluding tert-OH is 2. The van der Waals surface area contributed by atoms with Crippen molar-refractivity contribution >= 4 is 11.2 Å². The fraction of sp³-hybridized carbons (Fsp3) is 0.474. The van der Waals surface area contributed by atoms with Crippen molar-refractivity contribution in [3.63, 3.8) is 0 Å². The molecular weight excluding hydrogens is 346 g/mol. The van der Waals surface area contributed by atoms with Gasteiger partial charge in [0.25, 0.3) is 0 Å². The van der Waals surface area contributed by atoms with Gasteiger partial charge in [-0.25, -0.2) is 19.6 Å². The van der Waals surface area contributed by atoms with Gasteiger partial charge in [0.15, 0.2) is 5.65 Å². The van der Waals surface area contributed by atoms with Crippen LogP contribution in [0.2, 0.25) is 0 Å². The number of nitrogens with zero attached hydrogens (tertiary/aromatic N) is 5. The van der Waals surface area contributed by atoms with Crippen molar-refractivity contribution in [2.75, 3.05) is 20.3 Å². The van der Waals surface area contributed by atoms with Crippen LogP contribution >= 0.6 is 0 Å². The summed E-state index contributed by atoms with van der Waals surface area (Å²) in [4.78, 5) is 14.0. The van der Waals surface area contributed by atoms with Crippen molar-refractivity contribution < 1.29 is 14.9 Å². The fourth-order valence-corrected chi connectivity index (χ4v) is 3.00. The van der Waals surface area contributed by atoms with Crippen LogP contribution in [0, 0.1) is 13.8 Å². The second-order valence-corrected chi connectivity index (χ2v) is 6.83. The van der Waals surface area contributed by atoms with Crippen molar-refractivity contribution in [3.8, 4) is 17.1 Å². The topological polar surface area (TPSA) is 106 Å². The minimum Gasteiger partial charge on any atom is -0.480 e. The van der Waals surface area contributed by atoms with Gasteiger partial charge in [-0.05, 0) is 31.9 Å². The fourth-order valence-electron chi connectivity index (χ4n) is 3.00. The Bertz CT molecular complexity index is 964. The molecule has 144 valence electrons. The lowest BCUT2D eigenvalue weighted by Gasteiger charge is -2.14. The van der Waals surface area contributed by atoms with Gasteiger partial charge in [0.05, 0.1) is 43.0 Å². The lowest BCUT2D eigenvalue weighted by Crippen LogP contribution is -2.19. The summed E-state index contributed by atoms with van der Waals surface area (Å²) in [5.74, 6) is 0.795. The Morgan fingerprint density at radius 3 is 2.33 bits per heavy atom. The van der Waals surface area contributed by atoms with E-state index in [1.807, 2.05) is 26.0 Å². The zero-order valence-electron chi connectivity index (χ0n) is 16.3. The molecule has 3 aromatic rings. The van der Waals surface area contributed by atoms with Crippen molar-refractivity contribution in [2.45, 2.75) is 39.7 Å². The van der Waals surface area contributed by atoms with Crippen LogP contribution in [0.15, 0.2) is 12.1 Å². The average Bonchev–Trinajstić information content (AvgIpc) is 2.97. The molecule has 0 unspecified atom stereocenters. The van der Waals surface area contributed by atoms with Gasteiger partial charge in [0.2, 0.25) is 5.88 Å². The summed E-state index contributed by atoms with van der Waals surface area (Å²) in [6.45, 7) is 7.38. The van der Waals surface area contributed by atoms with E-state index in [4.69, 9.17) is 9.72 Å². The zero-order chi connectivity index (χ0) is 19.7. The monoisotopic (exact) mass is 371 g/mol. The first-order valence-electron chi connectivity index (χ1n) is 8.91. The highest BCUT2D eigenvalue weighted by atomic mass is 16.5. The highest BCUT2D eigenvalue weighted by Gasteiger charge is 2.21. The molecule has 0 bridgehead atoms. The maximum absolute atomic E-state index is 9.50. The smallest absolute Gasteiger partial charge is 0.222 e. The molecule has 8 nitrogen and oxygen atoms in total. The molecule has 0 radical (unpaired) electrons. The Labute approximate surface area is 157 Å². The maximum atomic E-state index is 9.50. The van der Waals surface area contributed by atoms with Crippen molar-refractivity contribution in [1.82, 2.24) is 24.7 Å². The van der Waals surface area contributed by atoms with Gasteiger partial charge in [-0.2, -0.15) is 5.10 Å². The quantitative estimate of drug-likeness (QED) is 0.684. The van der Waals surface area contributed by atoms with Crippen LogP contribution in [0.4, 0.5) is 0 Å². The summed E-state index contributed by atoms with van der Waals surface area (Å²) in [6, 6.07) is 3.37. The third-order valence-corrected chi connectivity index (χ3v) is 4.56. The molecule has 3 aromatic heterocycles. The predicted octanol–water partition coefficient (Wildman–Crippen LogP) is 2.16. The van der Waals surface area contributed by atoms with E-state index in [-0.39, 0.29) is 19.1 Å². The first kappa shape index (κ1) is 19.2. The van der Waals surface area contributed by atoms with Crippen LogP contribution in [-0.4, -0.2) is 55.3 Å². The molecule has 0 aliphatic carbocycles. The molecule has 0 aliphatic rings. The Hall–Kier alpha value is -2.58. The van der Waals surface area contributed by atoms with Gasteiger partial charge in [-0.15, -0.1) is 0 Å². The number of methoxy groups -OCH3 is 1. The van der Waals surface area contributed by atoms with E-state index < -0.39 is 6.04 Å². The van der Waals surface area contributed by atoms with Gasteiger partial charge in [-0.3, -0.25) is 0 Å². The van der Waals surface area contributed by atoms with E-state index in [1.54, 1.807) is 7.11 Å². The van der Waals surface area contributed by atoms with Crippen LogP contribution in [0.3, 0.4) is 0 Å². The standard InChI is InChI=1S/C19H25N5O3/c1-10(2)15-7-6-14(19(21-15)27-5)16-11(3)20-18-17(22-16)12(4)23-24(18)13(8-25)9-26/h6-7,10,13,25-26H,8-9H2,1-5H3. The molecule has 27 heavy (non-hydrogen) atoms. The number of aryl methyl sites for hydroxylation is 2. The Morgan fingerprint density at radius 1 is 1.04 bits per heavy atom. The van der Waals surface area contributed by atoms with Crippen LogP contribution in [-0.2, 0) is 0 Å². The van der Waals surface area contributed by atoms with E-state index in [0.29, 0.717) is 34.1 Å². The second kappa shape index (κ2) is 7.58. The molecular formula is C19H25N5O3. The number of hydrogen-bond donors (Lipinski definition) is 2. The highest BCUT2D eigenvalue weighted by Crippen LogP contribution is 2.32. The molecule has 0 fully saturated rings. The van der Waals surface area contributed by atoms with E-state index in [2.05, 4.69) is 28.9 Å². The van der Waals surface area contributed by atoms with Crippen molar-refractivity contribution in [1.29, 1.82) is 0 Å². The van der Waals surface area contributed by atoms with Crippen LogP contribution in [0.25, 0.3) is 22.4 Å². The lowest BCUT2D eigenvalue weighted by molar-refractivity contribution is 0.148. The molecule has 0 saturated heterocycles. The molecule has 0 spiro atoms. The Kier molecular flexibility index (Phi) is 5.38. The van der Waals surface area contributed by atoms with Crippen LogP contribution in [0.5, 0.6) is 5.88 Å². The summed E-state index contributed by atoms with van der Waals surface area (Å²) in [7, 11) is 1.59. The Balaban J connectivity index is 2.20. The third-order valence-electron chi connectivity index (χ3n) is 4.56. The summed E-state index contributed by atoms with van der Waals surface area (Å²) < 4.78 is 7.03. The largest absolute Gasteiger partial charge is 0.480 e. The zero-order valence-corrected chi connectivity index (χ0v) is 16.3. The Morgan fingerprint density at radius 2 is 1.74 bits per heavy atom. The first-order valence-corrected chi connectivity index (χ1v) is 8.91. The highest BCUT2D eigenvalue weighted by molar-refractivity contribution is 5.79. The van der Waals surface area contributed by atoms with Gasteiger partial charge in [-0.1, -0.05) is 13.8 Å². The van der Waals surface area contributed by atoms with Gasteiger partial charge >= 0.3 is 0 Å². The third kappa shape index (κ3) is 3.38. The van der Waals surface area contributed by atoms with Crippen LogP contribution < -0.4 is 4.74 Å². The number of ether oxygens (including phenoxy) is 1. The summed E-state index contributed by atoms with van der Waals surface area (Å²) in [5, 5.41) is 23.4. The number of fused-ring (bicyclic) bond motifs is 1. The van der Waals surface area contributed by atoms with Gasteiger partial charge < -0.3 is 14.9 Å². The molecule has 0 saturated carbocycles. The molecule has 3 heterocycles. The molecule has 2 N–H and O–H groups in total. The van der Waals surface area contributed by atoms with E-state index >= 15 is 0 Å². The normalized spacial score (nSPS) is 11.7. The number of rotatable bonds is 6. The first-order chi connectivity index (χ1) is 12.9. The molecule has 0 atom stereocenters. The van der Waals surface area contributed by atoms with Crippen molar-refractivity contribution in [2.24, 2.45) is 0 Å². The predicted molar refractivity (Wildman–Crippen MR) is 102 cm³/mol. The van der Waals surface area contributed by atoms with Crippen molar-refractivity contribution in [3.05, 3.63) is 29.2 Å². The minimum atomic E-state index is -0.553. The average molecular weight is 371 g/mol. The lowest BCUT2D eigenvalue weighted by atomic mass is 10.1. The number of aromatic nitrogens is 5. The minimum absolute atomic E-state index is 0.233. The van der Waals surface area contributed by atoms with Gasteiger partial charge in [0.1, 0.15) is 11.6 Å². The molecule has 0 amide bonds. The molecule has 0 aromatic carbocycles. The molecule has 3 rings (SSSR count). The second-order valence-electron chi connectivity index (χ2n) is 6.83. The summed E-state index contributed by atoms with van der Waals surface area (Å²) in [5.41, 5.74) is 4.91. The van der Waals surface area contributed by atoms with Gasteiger partial charge in [0, 0.05) is 5.69 Å². The van der Waals surface area contributed by atoms with E-state index in [0.717, 1.165) is 11.3 Å². The maximum Gasteiger partial charge on any atom is 0.222 e. The number of hydrogen-bond acceptors (Lipinski definition) is 7. The number of pyridine rings is 1. The van der Waals surface area contributed by atoms with E-state index in [1.165, 1.54) is 4.68 Å². The summed E-state index contributed by atoms with van der Waals surface area (Å²) in [6.07, 6.45) is 0. The summed E-state index contributed by atoms with van der Waals surface area (Å²) >= 11 is 0.